The summed E-state index contributed by atoms with van der Waals surface area (Å²) in [4.78, 5) is 37.8. The number of anilines is 1. The Labute approximate surface area is 243 Å². The monoisotopic (exact) mass is 583 g/mol. The number of hydrogen-bond acceptors (Lipinski definition) is 7. The lowest BCUT2D eigenvalue weighted by Gasteiger charge is -2.47. The van der Waals surface area contributed by atoms with Gasteiger partial charge >= 0.3 is 12.3 Å². The Bertz CT molecular complexity index is 1370. The number of carbonyl (C=O) groups excluding carboxylic acids is 2. The number of fused-ring (bicyclic) bond motifs is 1. The second-order valence-electron chi connectivity index (χ2n) is 11.2. The van der Waals surface area contributed by atoms with Crippen molar-refractivity contribution in [1.82, 2.24) is 19.8 Å². The number of ether oxygens (including phenoxy) is 1. The fourth-order valence-electron chi connectivity index (χ4n) is 6.06. The highest BCUT2D eigenvalue weighted by atomic mass is 19.4. The lowest BCUT2D eigenvalue weighted by atomic mass is 9.84. The van der Waals surface area contributed by atoms with Gasteiger partial charge in [-0.2, -0.15) is 13.2 Å². The molecule has 1 saturated heterocycles. The maximum Gasteiger partial charge on any atom is 0.416 e. The number of nitrogens with zero attached hydrogens (tertiary/aromatic N) is 4. The number of rotatable bonds is 10. The molecule has 8 nitrogen and oxygen atoms in total. The highest BCUT2D eigenvalue weighted by molar-refractivity contribution is 5.91. The molecule has 3 aromatic rings. The average Bonchev–Trinajstić information content (AvgIpc) is 2.97. The molecule has 0 radical (unpaired) electrons. The van der Waals surface area contributed by atoms with Crippen molar-refractivity contribution in [2.24, 2.45) is 5.92 Å². The van der Waals surface area contributed by atoms with Gasteiger partial charge in [0.25, 0.3) is 0 Å². The molecule has 1 aliphatic heterocycles. The van der Waals surface area contributed by atoms with Crippen LogP contribution in [0.2, 0.25) is 0 Å². The third kappa shape index (κ3) is 7.18. The Kier molecular flexibility index (Phi) is 9.25. The van der Waals surface area contributed by atoms with E-state index in [0.717, 1.165) is 56.5 Å². The van der Waals surface area contributed by atoms with Gasteiger partial charge in [0.15, 0.2) is 5.78 Å². The molecule has 1 aliphatic carbocycles. The summed E-state index contributed by atoms with van der Waals surface area (Å²) in [6.45, 7) is 4.56. The fraction of sp³-hybridized carbons (Fsp3) is 0.484. The second-order valence-corrected chi connectivity index (χ2v) is 11.2. The minimum Gasteiger partial charge on any atom is -0.445 e. The minimum atomic E-state index is -4.48. The van der Waals surface area contributed by atoms with Crippen molar-refractivity contribution in [1.29, 1.82) is 0 Å². The van der Waals surface area contributed by atoms with E-state index >= 15 is 0 Å². The molecule has 2 heterocycles. The Balaban J connectivity index is 1.04. The topological polar surface area (TPSA) is 87.7 Å². The van der Waals surface area contributed by atoms with Gasteiger partial charge in [-0.15, -0.1) is 0 Å². The third-order valence-corrected chi connectivity index (χ3v) is 8.32. The average molecular weight is 584 g/mol. The summed E-state index contributed by atoms with van der Waals surface area (Å²) in [6.07, 6.45) is 0.776. The van der Waals surface area contributed by atoms with Crippen LogP contribution in [0.5, 0.6) is 0 Å². The highest BCUT2D eigenvalue weighted by Crippen LogP contribution is 2.34. The van der Waals surface area contributed by atoms with Crippen LogP contribution in [0.4, 0.5) is 23.8 Å². The first-order chi connectivity index (χ1) is 20.2. The summed E-state index contributed by atoms with van der Waals surface area (Å²) in [5.41, 5.74) is 0.561. The number of carbonyl (C=O) groups is 2. The number of aromatic nitrogens is 2. The van der Waals surface area contributed by atoms with Crippen molar-refractivity contribution in [3.8, 4) is 0 Å². The number of likely N-dealkylation sites (tertiary alicyclic amines) is 1. The van der Waals surface area contributed by atoms with Gasteiger partial charge < -0.3 is 15.0 Å². The molecule has 5 rings (SSSR count). The molecule has 2 aromatic carbocycles. The van der Waals surface area contributed by atoms with Crippen molar-refractivity contribution in [2.45, 2.75) is 63.9 Å². The summed E-state index contributed by atoms with van der Waals surface area (Å²) >= 11 is 0. The molecular formula is C31H36F3N5O3. The van der Waals surface area contributed by atoms with Crippen LogP contribution in [0.3, 0.4) is 0 Å². The fourth-order valence-corrected chi connectivity index (χ4v) is 6.06. The predicted molar refractivity (Wildman–Crippen MR) is 153 cm³/mol. The summed E-state index contributed by atoms with van der Waals surface area (Å²) in [7, 11) is 0. The van der Waals surface area contributed by atoms with Crippen molar-refractivity contribution in [3.05, 3.63) is 66.0 Å². The first-order valence-corrected chi connectivity index (χ1v) is 14.5. The molecule has 1 N–H and O–H groups in total. The van der Waals surface area contributed by atoms with E-state index < -0.39 is 11.7 Å². The van der Waals surface area contributed by atoms with E-state index in [9.17, 15) is 22.8 Å². The first kappa shape index (κ1) is 29.8. The van der Waals surface area contributed by atoms with Crippen LogP contribution >= 0.6 is 0 Å². The largest absolute Gasteiger partial charge is 0.445 e. The lowest BCUT2D eigenvalue weighted by molar-refractivity contribution is -0.137. The molecule has 2 aliphatic rings. The quantitative estimate of drug-likeness (QED) is 0.317. The Morgan fingerprint density at radius 1 is 1.05 bits per heavy atom. The molecule has 1 saturated carbocycles. The number of ketones is 1. The van der Waals surface area contributed by atoms with E-state index in [4.69, 9.17) is 4.74 Å². The summed E-state index contributed by atoms with van der Waals surface area (Å²) in [5, 5.41) is 3.15. The van der Waals surface area contributed by atoms with E-state index in [1.165, 1.54) is 12.4 Å². The van der Waals surface area contributed by atoms with Crippen LogP contribution < -0.4 is 5.32 Å². The zero-order chi connectivity index (χ0) is 29.7. The molecular weight excluding hydrogens is 547 g/mol. The number of nitrogens with one attached hydrogen (secondary N) is 1. The summed E-state index contributed by atoms with van der Waals surface area (Å²) < 4.78 is 45.1. The molecule has 0 unspecified atom stereocenters. The van der Waals surface area contributed by atoms with Crippen LogP contribution in [0.25, 0.3) is 10.9 Å². The number of hydrogen-bond donors (Lipinski definition) is 1. The maximum absolute atomic E-state index is 13.2. The number of halogens is 3. The molecule has 1 aromatic heterocycles. The molecule has 0 spiro atoms. The highest BCUT2D eigenvalue weighted by Gasteiger charge is 2.37. The van der Waals surface area contributed by atoms with Crippen LogP contribution in [0.1, 0.15) is 50.2 Å². The normalized spacial score (nSPS) is 19.7. The van der Waals surface area contributed by atoms with Gasteiger partial charge in [-0.3, -0.25) is 9.69 Å². The molecule has 224 valence electrons. The molecule has 0 bridgehead atoms. The van der Waals surface area contributed by atoms with E-state index in [1.54, 1.807) is 0 Å². The van der Waals surface area contributed by atoms with Gasteiger partial charge in [-0.1, -0.05) is 30.3 Å². The minimum absolute atomic E-state index is 0.00279. The second kappa shape index (κ2) is 13.1. The number of benzene rings is 2. The van der Waals surface area contributed by atoms with E-state index in [1.807, 2.05) is 42.2 Å². The first-order valence-electron chi connectivity index (χ1n) is 14.5. The van der Waals surface area contributed by atoms with Crippen molar-refractivity contribution >= 4 is 28.6 Å². The molecule has 42 heavy (non-hydrogen) atoms. The maximum atomic E-state index is 13.2. The van der Waals surface area contributed by atoms with Gasteiger partial charge in [-0.05, 0) is 62.3 Å². The van der Waals surface area contributed by atoms with Crippen LogP contribution in [-0.4, -0.2) is 69.9 Å². The van der Waals surface area contributed by atoms with Crippen LogP contribution in [-0.2, 0) is 22.3 Å². The number of alkyl halides is 3. The van der Waals surface area contributed by atoms with Gasteiger partial charge in [0.1, 0.15) is 18.8 Å². The standard InChI is InChI=1S/C31H36F3N5O3/c1-2-39(30(41)42-19-21-6-4-3-5-7-21)25-11-9-24(10-12-25)38-17-22(18-38)14-26(40)16-35-29-27-15-23(31(32,33)34)8-13-28(27)36-20-37-29/h3-8,13,15,20,22,24-25H,2,9-12,14,16-19H2,1H3,(H,35,36,37). The molecule has 1 amide bonds. The summed E-state index contributed by atoms with van der Waals surface area (Å²) in [6, 6.07) is 13.6. The Morgan fingerprint density at radius 3 is 2.48 bits per heavy atom. The van der Waals surface area contributed by atoms with Crippen molar-refractivity contribution < 1.29 is 27.5 Å². The van der Waals surface area contributed by atoms with Gasteiger partial charge in [0.05, 0.1) is 17.6 Å². The number of Topliss-reactive ketones (excluding diaryl/α,β-unsaturated/α-hetero) is 1. The number of amides is 1. The molecule has 2 fully saturated rings. The van der Waals surface area contributed by atoms with Gasteiger partial charge in [0.2, 0.25) is 0 Å². The van der Waals surface area contributed by atoms with Crippen LogP contribution in [0, 0.1) is 5.92 Å². The Morgan fingerprint density at radius 2 is 1.79 bits per heavy atom. The van der Waals surface area contributed by atoms with Gasteiger partial charge in [0, 0.05) is 43.5 Å². The SMILES string of the molecule is CCN(C(=O)OCc1ccccc1)C1CCC(N2CC(CC(=O)CNc3ncnc4ccc(C(F)(F)F)cc34)C2)CC1. The molecule has 11 heteroatoms. The van der Waals surface area contributed by atoms with E-state index in [-0.39, 0.29) is 48.2 Å². The lowest BCUT2D eigenvalue weighted by Crippen LogP contribution is -2.55. The van der Waals surface area contributed by atoms with Gasteiger partial charge in [-0.25, -0.2) is 14.8 Å². The molecule has 0 atom stereocenters. The Hall–Kier alpha value is -3.73. The third-order valence-electron chi connectivity index (χ3n) is 8.32. The van der Waals surface area contributed by atoms with Crippen LogP contribution in [0.15, 0.2) is 54.9 Å². The van der Waals surface area contributed by atoms with Crippen molar-refractivity contribution in [2.75, 3.05) is 31.5 Å². The smallest absolute Gasteiger partial charge is 0.416 e. The summed E-state index contributed by atoms with van der Waals surface area (Å²) in [5.74, 6) is 0.474. The zero-order valence-corrected chi connectivity index (χ0v) is 23.6. The zero-order valence-electron chi connectivity index (χ0n) is 23.6. The van der Waals surface area contributed by atoms with Crippen molar-refractivity contribution in [3.63, 3.8) is 0 Å². The van der Waals surface area contributed by atoms with E-state index in [2.05, 4.69) is 20.2 Å². The van der Waals surface area contributed by atoms with E-state index in [0.29, 0.717) is 24.5 Å². The predicted octanol–water partition coefficient (Wildman–Crippen LogP) is 5.92.